The molecule has 2 aromatic rings. The molecule has 2 aromatic heterocycles. The van der Waals surface area contributed by atoms with Gasteiger partial charge in [-0.05, 0) is 19.1 Å². The van der Waals surface area contributed by atoms with Gasteiger partial charge in [-0.1, -0.05) is 12.1 Å². The molecule has 0 saturated heterocycles. The Bertz CT molecular complexity index is 638. The van der Waals surface area contributed by atoms with Gasteiger partial charge in [0.2, 0.25) is 0 Å². The Morgan fingerprint density at radius 2 is 2.24 bits per heavy atom. The van der Waals surface area contributed by atoms with Crippen LogP contribution in [0.15, 0.2) is 41.5 Å². The zero-order valence-corrected chi connectivity index (χ0v) is 9.42. The Balaban J connectivity index is 2.43. The van der Waals surface area contributed by atoms with Crippen LogP contribution in [0.3, 0.4) is 0 Å². The molecule has 0 aliphatic heterocycles. The SMILES string of the molecule is Cc1cccn(Cc2cccnc2C#N)c1=O. The molecular weight excluding hydrogens is 214 g/mol. The van der Waals surface area contributed by atoms with Gasteiger partial charge in [0.1, 0.15) is 11.8 Å². The van der Waals surface area contributed by atoms with E-state index in [1.165, 1.54) is 0 Å². The highest BCUT2D eigenvalue weighted by Crippen LogP contribution is 2.05. The second kappa shape index (κ2) is 4.62. The molecule has 0 radical (unpaired) electrons. The maximum atomic E-state index is 11.8. The van der Waals surface area contributed by atoms with Gasteiger partial charge in [-0.15, -0.1) is 0 Å². The minimum Gasteiger partial charge on any atom is -0.311 e. The van der Waals surface area contributed by atoms with Crippen molar-refractivity contribution in [1.82, 2.24) is 9.55 Å². The lowest BCUT2D eigenvalue weighted by molar-refractivity contribution is 0.747. The van der Waals surface area contributed by atoms with E-state index >= 15 is 0 Å². The normalized spacial score (nSPS) is 9.88. The first-order chi connectivity index (χ1) is 8.22. The summed E-state index contributed by atoms with van der Waals surface area (Å²) in [5.41, 5.74) is 1.76. The summed E-state index contributed by atoms with van der Waals surface area (Å²) < 4.78 is 1.58. The number of nitrogens with zero attached hydrogens (tertiary/aromatic N) is 3. The zero-order valence-electron chi connectivity index (χ0n) is 9.42. The highest BCUT2D eigenvalue weighted by atomic mass is 16.1. The van der Waals surface area contributed by atoms with Crippen molar-refractivity contribution in [1.29, 1.82) is 5.26 Å². The summed E-state index contributed by atoms with van der Waals surface area (Å²) in [7, 11) is 0. The Hall–Kier alpha value is -2.41. The Kier molecular flexibility index (Phi) is 3.01. The van der Waals surface area contributed by atoms with Crippen molar-refractivity contribution in [2.45, 2.75) is 13.5 Å². The molecule has 4 nitrogen and oxygen atoms in total. The van der Waals surface area contributed by atoms with Crippen LogP contribution < -0.4 is 5.56 Å². The van der Waals surface area contributed by atoms with E-state index in [0.717, 1.165) is 5.56 Å². The molecule has 2 rings (SSSR count). The summed E-state index contributed by atoms with van der Waals surface area (Å²) in [6.45, 7) is 2.14. The fourth-order valence-corrected chi connectivity index (χ4v) is 1.63. The third kappa shape index (κ3) is 2.23. The Morgan fingerprint density at radius 3 is 3.00 bits per heavy atom. The number of nitriles is 1. The molecular formula is C13H11N3O. The summed E-state index contributed by atoms with van der Waals surface area (Å²) >= 11 is 0. The molecule has 17 heavy (non-hydrogen) atoms. The first kappa shape index (κ1) is 11.1. The third-order valence-corrected chi connectivity index (χ3v) is 2.55. The topological polar surface area (TPSA) is 58.7 Å². The van der Waals surface area contributed by atoms with Crippen molar-refractivity contribution in [2.75, 3.05) is 0 Å². The van der Waals surface area contributed by atoms with Gasteiger partial charge >= 0.3 is 0 Å². The summed E-state index contributed by atoms with van der Waals surface area (Å²) in [5.74, 6) is 0. The number of hydrogen-bond acceptors (Lipinski definition) is 3. The van der Waals surface area contributed by atoms with Crippen molar-refractivity contribution in [3.8, 4) is 6.07 Å². The fourth-order valence-electron chi connectivity index (χ4n) is 1.63. The van der Waals surface area contributed by atoms with Gasteiger partial charge in [0.05, 0.1) is 6.54 Å². The minimum atomic E-state index is -0.0414. The van der Waals surface area contributed by atoms with Crippen LogP contribution in [0.1, 0.15) is 16.8 Å². The van der Waals surface area contributed by atoms with E-state index in [4.69, 9.17) is 5.26 Å². The minimum absolute atomic E-state index is 0.0414. The van der Waals surface area contributed by atoms with Crippen LogP contribution in [0.2, 0.25) is 0 Å². The number of aryl methyl sites for hydroxylation is 1. The first-order valence-corrected chi connectivity index (χ1v) is 5.22. The second-order valence-electron chi connectivity index (χ2n) is 3.75. The number of pyridine rings is 2. The average molecular weight is 225 g/mol. The lowest BCUT2D eigenvalue weighted by atomic mass is 10.2. The summed E-state index contributed by atoms with van der Waals surface area (Å²) in [4.78, 5) is 15.8. The van der Waals surface area contributed by atoms with Gasteiger partial charge in [-0.3, -0.25) is 4.79 Å². The molecule has 0 spiro atoms. The van der Waals surface area contributed by atoms with E-state index < -0.39 is 0 Å². The molecule has 84 valence electrons. The standard InChI is InChI=1S/C13H11N3O/c1-10-4-3-7-16(13(10)17)9-11-5-2-6-15-12(11)8-14/h2-7H,9H2,1H3. The maximum absolute atomic E-state index is 11.8. The Morgan fingerprint density at radius 1 is 1.41 bits per heavy atom. The quantitative estimate of drug-likeness (QED) is 0.777. The van der Waals surface area contributed by atoms with Crippen LogP contribution in [0.4, 0.5) is 0 Å². The number of aromatic nitrogens is 2. The first-order valence-electron chi connectivity index (χ1n) is 5.22. The van der Waals surface area contributed by atoms with Crippen molar-refractivity contribution >= 4 is 0 Å². The van der Waals surface area contributed by atoms with Crippen LogP contribution >= 0.6 is 0 Å². The molecule has 0 aromatic carbocycles. The van der Waals surface area contributed by atoms with Crippen molar-refractivity contribution in [3.63, 3.8) is 0 Å². The number of hydrogen-bond donors (Lipinski definition) is 0. The maximum Gasteiger partial charge on any atom is 0.253 e. The molecule has 0 aliphatic rings. The van der Waals surface area contributed by atoms with Crippen molar-refractivity contribution in [2.24, 2.45) is 0 Å². The van der Waals surface area contributed by atoms with Crippen LogP contribution in [0.5, 0.6) is 0 Å². The van der Waals surface area contributed by atoms with E-state index in [0.29, 0.717) is 17.8 Å². The second-order valence-corrected chi connectivity index (χ2v) is 3.75. The monoisotopic (exact) mass is 225 g/mol. The van der Waals surface area contributed by atoms with Gasteiger partial charge in [0.15, 0.2) is 0 Å². The predicted octanol–water partition coefficient (Wildman–Crippen LogP) is 1.47. The molecule has 2 heterocycles. The third-order valence-electron chi connectivity index (χ3n) is 2.55. The molecule has 0 amide bonds. The van der Waals surface area contributed by atoms with E-state index in [-0.39, 0.29) is 5.56 Å². The molecule has 0 atom stereocenters. The summed E-state index contributed by atoms with van der Waals surface area (Å²) in [6.07, 6.45) is 3.28. The van der Waals surface area contributed by atoms with Gasteiger partial charge < -0.3 is 4.57 Å². The highest BCUT2D eigenvalue weighted by Gasteiger charge is 2.05. The van der Waals surface area contributed by atoms with Gasteiger partial charge in [0.25, 0.3) is 5.56 Å². The lowest BCUT2D eigenvalue weighted by Crippen LogP contribution is -2.22. The average Bonchev–Trinajstić information content (AvgIpc) is 2.35. The number of rotatable bonds is 2. The largest absolute Gasteiger partial charge is 0.311 e. The van der Waals surface area contributed by atoms with E-state index in [9.17, 15) is 4.79 Å². The van der Waals surface area contributed by atoms with E-state index in [1.54, 1.807) is 42.1 Å². The molecule has 4 heteroatoms. The highest BCUT2D eigenvalue weighted by molar-refractivity contribution is 5.30. The predicted molar refractivity (Wildman–Crippen MR) is 63.5 cm³/mol. The van der Waals surface area contributed by atoms with Gasteiger partial charge in [-0.25, -0.2) is 4.98 Å². The van der Waals surface area contributed by atoms with Crippen molar-refractivity contribution < 1.29 is 0 Å². The molecule has 0 unspecified atom stereocenters. The van der Waals surface area contributed by atoms with Gasteiger partial charge in [0, 0.05) is 23.5 Å². The molecule has 0 bridgehead atoms. The van der Waals surface area contributed by atoms with Crippen LogP contribution in [0, 0.1) is 18.3 Å². The summed E-state index contributed by atoms with van der Waals surface area (Å²) in [6, 6.07) is 9.18. The Labute approximate surface area is 98.8 Å². The van der Waals surface area contributed by atoms with E-state index in [1.807, 2.05) is 12.1 Å². The van der Waals surface area contributed by atoms with Crippen LogP contribution in [-0.2, 0) is 6.54 Å². The summed E-state index contributed by atoms with van der Waals surface area (Å²) in [5, 5.41) is 8.92. The smallest absolute Gasteiger partial charge is 0.253 e. The van der Waals surface area contributed by atoms with Crippen LogP contribution in [0.25, 0.3) is 0 Å². The molecule has 0 N–H and O–H groups in total. The molecule has 0 fully saturated rings. The van der Waals surface area contributed by atoms with E-state index in [2.05, 4.69) is 4.98 Å². The van der Waals surface area contributed by atoms with Crippen LogP contribution in [-0.4, -0.2) is 9.55 Å². The van der Waals surface area contributed by atoms with Gasteiger partial charge in [-0.2, -0.15) is 5.26 Å². The molecule has 0 saturated carbocycles. The molecule has 0 aliphatic carbocycles. The zero-order chi connectivity index (χ0) is 12.3. The fraction of sp³-hybridized carbons (Fsp3) is 0.154. The lowest BCUT2D eigenvalue weighted by Gasteiger charge is -2.07. The van der Waals surface area contributed by atoms with Crippen molar-refractivity contribution in [3.05, 3.63) is 63.8 Å².